The first-order valence-electron chi connectivity index (χ1n) is 6.82. The Bertz CT molecular complexity index is 221. The molecule has 0 aromatic carbocycles. The molecule has 0 bridgehead atoms. The molecule has 0 spiro atoms. The van der Waals surface area contributed by atoms with E-state index >= 15 is 0 Å². The number of nitrogens with zero attached hydrogens (tertiary/aromatic N) is 3. The van der Waals surface area contributed by atoms with Gasteiger partial charge >= 0.3 is 0 Å². The molecule has 0 unspecified atom stereocenters. The normalized spacial score (nSPS) is 11.3. The van der Waals surface area contributed by atoms with Crippen LogP contribution >= 0.6 is 0 Å². The summed E-state index contributed by atoms with van der Waals surface area (Å²) in [6, 6.07) is 0. The van der Waals surface area contributed by atoms with E-state index in [0.717, 1.165) is 39.0 Å². The van der Waals surface area contributed by atoms with Gasteiger partial charge in [-0.25, -0.2) is 0 Å². The number of hydrogen-bond acceptors (Lipinski definition) is 4. The maximum Gasteiger partial charge on any atom is 0.236 e. The van der Waals surface area contributed by atoms with Crippen LogP contribution in [0.15, 0.2) is 0 Å². The summed E-state index contributed by atoms with van der Waals surface area (Å²) in [6.45, 7) is 6.97. The third-order valence-electron chi connectivity index (χ3n) is 3.01. The third-order valence-corrected chi connectivity index (χ3v) is 3.01. The molecule has 108 valence electrons. The topological polar surface area (TPSA) is 52.8 Å². The number of hydrogen-bond donors (Lipinski definition) is 1. The van der Waals surface area contributed by atoms with Gasteiger partial charge in [0.1, 0.15) is 0 Å². The van der Waals surface area contributed by atoms with E-state index in [1.165, 1.54) is 0 Å². The molecule has 0 radical (unpaired) electrons. The Morgan fingerprint density at radius 3 is 2.22 bits per heavy atom. The number of nitrogens with two attached hydrogens (primary N) is 1. The van der Waals surface area contributed by atoms with Crippen molar-refractivity contribution in [2.45, 2.75) is 19.8 Å². The summed E-state index contributed by atoms with van der Waals surface area (Å²) in [5.74, 6) is 0.190. The van der Waals surface area contributed by atoms with Gasteiger partial charge in [-0.2, -0.15) is 0 Å². The van der Waals surface area contributed by atoms with Gasteiger partial charge in [0.05, 0.1) is 6.54 Å². The van der Waals surface area contributed by atoms with Crippen LogP contribution < -0.4 is 5.73 Å². The van der Waals surface area contributed by atoms with E-state index in [2.05, 4.69) is 30.8 Å². The van der Waals surface area contributed by atoms with E-state index < -0.39 is 0 Å². The fraction of sp³-hybridized carbons (Fsp3) is 0.923. The summed E-state index contributed by atoms with van der Waals surface area (Å²) in [5.41, 5.74) is 5.45. The van der Waals surface area contributed by atoms with Crippen molar-refractivity contribution >= 4 is 5.91 Å². The van der Waals surface area contributed by atoms with Gasteiger partial charge < -0.3 is 15.5 Å². The van der Waals surface area contributed by atoms with Crippen LogP contribution in [0, 0.1) is 0 Å². The Hall–Kier alpha value is -0.650. The van der Waals surface area contributed by atoms with Crippen molar-refractivity contribution in [2.24, 2.45) is 5.73 Å². The van der Waals surface area contributed by atoms with Crippen LogP contribution in [0.5, 0.6) is 0 Å². The van der Waals surface area contributed by atoms with E-state index in [1.807, 2.05) is 7.05 Å². The van der Waals surface area contributed by atoms with Gasteiger partial charge in [0.15, 0.2) is 0 Å². The van der Waals surface area contributed by atoms with Crippen LogP contribution in [0.3, 0.4) is 0 Å². The van der Waals surface area contributed by atoms with E-state index in [0.29, 0.717) is 13.1 Å². The quantitative estimate of drug-likeness (QED) is 0.602. The highest BCUT2D eigenvalue weighted by Crippen LogP contribution is 1.96. The van der Waals surface area contributed by atoms with Crippen molar-refractivity contribution in [3.63, 3.8) is 0 Å². The second-order valence-electron chi connectivity index (χ2n) is 4.98. The zero-order chi connectivity index (χ0) is 14.0. The molecule has 0 atom stereocenters. The summed E-state index contributed by atoms with van der Waals surface area (Å²) in [5, 5.41) is 0. The second kappa shape index (κ2) is 10.3. The lowest BCUT2D eigenvalue weighted by atomic mass is 10.3. The van der Waals surface area contributed by atoms with Crippen LogP contribution in [0.2, 0.25) is 0 Å². The average molecular weight is 258 g/mol. The molecule has 0 fully saturated rings. The summed E-state index contributed by atoms with van der Waals surface area (Å²) < 4.78 is 0. The Labute approximate surface area is 112 Å². The van der Waals surface area contributed by atoms with E-state index in [4.69, 9.17) is 5.73 Å². The molecule has 5 nitrogen and oxygen atoms in total. The lowest BCUT2D eigenvalue weighted by Crippen LogP contribution is -2.40. The van der Waals surface area contributed by atoms with E-state index in [-0.39, 0.29) is 5.91 Å². The fourth-order valence-electron chi connectivity index (χ4n) is 1.72. The van der Waals surface area contributed by atoms with Gasteiger partial charge in [0, 0.05) is 13.6 Å². The van der Waals surface area contributed by atoms with Crippen molar-refractivity contribution in [3.05, 3.63) is 0 Å². The van der Waals surface area contributed by atoms with Gasteiger partial charge in [-0.3, -0.25) is 9.69 Å². The molecule has 0 aromatic heterocycles. The molecule has 1 amide bonds. The van der Waals surface area contributed by atoms with Gasteiger partial charge in [-0.05, 0) is 53.1 Å². The van der Waals surface area contributed by atoms with E-state index in [1.54, 1.807) is 4.90 Å². The zero-order valence-electron chi connectivity index (χ0n) is 12.5. The molecule has 0 aliphatic carbocycles. The maximum absolute atomic E-state index is 11.9. The van der Waals surface area contributed by atoms with E-state index in [9.17, 15) is 4.79 Å². The standard InChI is InChI=1S/C13H30N4O/c1-5-17(11-7-9-15(2)3)12-13(18)16(4)10-6-8-14/h5-12,14H2,1-4H3. The molecule has 0 heterocycles. The lowest BCUT2D eigenvalue weighted by Gasteiger charge is -2.24. The minimum atomic E-state index is 0.190. The molecule has 0 aliphatic heterocycles. The predicted molar refractivity (Wildman–Crippen MR) is 76.6 cm³/mol. The Balaban J connectivity index is 3.91. The van der Waals surface area contributed by atoms with Crippen molar-refractivity contribution < 1.29 is 4.79 Å². The second-order valence-corrected chi connectivity index (χ2v) is 4.98. The highest BCUT2D eigenvalue weighted by molar-refractivity contribution is 5.77. The monoisotopic (exact) mass is 258 g/mol. The highest BCUT2D eigenvalue weighted by Gasteiger charge is 2.12. The molecule has 5 heteroatoms. The third kappa shape index (κ3) is 8.44. The molecule has 2 N–H and O–H groups in total. The molecule has 0 rings (SSSR count). The number of amides is 1. The van der Waals surface area contributed by atoms with Gasteiger partial charge in [-0.15, -0.1) is 0 Å². The maximum atomic E-state index is 11.9. The van der Waals surface area contributed by atoms with Crippen molar-refractivity contribution in [1.82, 2.24) is 14.7 Å². The average Bonchev–Trinajstić information content (AvgIpc) is 2.33. The first-order valence-corrected chi connectivity index (χ1v) is 6.82. The van der Waals surface area contributed by atoms with Crippen molar-refractivity contribution in [2.75, 3.05) is 60.4 Å². The minimum absolute atomic E-state index is 0.190. The first-order chi connectivity index (χ1) is 8.51. The first kappa shape index (κ1) is 17.4. The minimum Gasteiger partial charge on any atom is -0.345 e. The molecule has 0 saturated heterocycles. The van der Waals surface area contributed by atoms with Crippen molar-refractivity contribution in [3.8, 4) is 0 Å². The van der Waals surface area contributed by atoms with Gasteiger partial charge in [-0.1, -0.05) is 6.92 Å². The van der Waals surface area contributed by atoms with Gasteiger partial charge in [0.25, 0.3) is 0 Å². The number of rotatable bonds is 10. The van der Waals surface area contributed by atoms with Crippen LogP contribution in [0.4, 0.5) is 0 Å². The summed E-state index contributed by atoms with van der Waals surface area (Å²) in [6.07, 6.45) is 1.97. The van der Waals surface area contributed by atoms with Crippen LogP contribution in [-0.4, -0.2) is 81.0 Å². The largest absolute Gasteiger partial charge is 0.345 e. The molecule has 0 aliphatic rings. The molecular weight excluding hydrogens is 228 g/mol. The summed E-state index contributed by atoms with van der Waals surface area (Å²) in [7, 11) is 6.00. The summed E-state index contributed by atoms with van der Waals surface area (Å²) in [4.78, 5) is 18.1. The Morgan fingerprint density at radius 2 is 1.72 bits per heavy atom. The summed E-state index contributed by atoms with van der Waals surface area (Å²) >= 11 is 0. The number of carbonyl (C=O) groups excluding carboxylic acids is 1. The Kier molecular flexibility index (Phi) is 9.92. The van der Waals surface area contributed by atoms with Crippen LogP contribution in [0.1, 0.15) is 19.8 Å². The zero-order valence-corrected chi connectivity index (χ0v) is 12.5. The Morgan fingerprint density at radius 1 is 1.06 bits per heavy atom. The molecular formula is C13H30N4O. The molecule has 0 aromatic rings. The lowest BCUT2D eigenvalue weighted by molar-refractivity contribution is -0.131. The smallest absolute Gasteiger partial charge is 0.236 e. The molecule has 0 saturated carbocycles. The number of likely N-dealkylation sites (N-methyl/N-ethyl adjacent to an activating group) is 2. The highest BCUT2D eigenvalue weighted by atomic mass is 16.2. The fourth-order valence-corrected chi connectivity index (χ4v) is 1.72. The SMILES string of the molecule is CCN(CCCN(C)C)CC(=O)N(C)CCCN. The molecule has 18 heavy (non-hydrogen) atoms. The number of carbonyl (C=O) groups is 1. The van der Waals surface area contributed by atoms with Crippen LogP contribution in [-0.2, 0) is 4.79 Å². The van der Waals surface area contributed by atoms with Gasteiger partial charge in [0.2, 0.25) is 5.91 Å². The predicted octanol–water partition coefficient (Wildman–Crippen LogP) is 0.0672. The van der Waals surface area contributed by atoms with Crippen molar-refractivity contribution in [1.29, 1.82) is 0 Å². The van der Waals surface area contributed by atoms with Crippen LogP contribution in [0.25, 0.3) is 0 Å².